The van der Waals surface area contributed by atoms with E-state index in [9.17, 15) is 4.79 Å². The molecule has 1 aromatic carbocycles. The molecule has 5 rings (SSSR count). The van der Waals surface area contributed by atoms with E-state index in [2.05, 4.69) is 69.4 Å². The average molecular weight is 633 g/mol. The van der Waals surface area contributed by atoms with Gasteiger partial charge in [0.15, 0.2) is 0 Å². The van der Waals surface area contributed by atoms with Gasteiger partial charge in [-0.2, -0.15) is 0 Å². The van der Waals surface area contributed by atoms with Crippen molar-refractivity contribution in [2.75, 3.05) is 11.9 Å². The molecule has 1 aliphatic carbocycles. The molecule has 3 heterocycles. The van der Waals surface area contributed by atoms with Gasteiger partial charge in [0.05, 0.1) is 22.9 Å². The number of hydrogen-bond acceptors (Lipinski definition) is 8. The third kappa shape index (κ3) is 7.94. The van der Waals surface area contributed by atoms with E-state index in [4.69, 9.17) is 19.0 Å². The van der Waals surface area contributed by atoms with Crippen LogP contribution in [0.25, 0.3) is 33.3 Å². The largest absolute Gasteiger partial charge is 0.444 e. The van der Waals surface area contributed by atoms with Crippen LogP contribution in [0, 0.1) is 20.8 Å². The van der Waals surface area contributed by atoms with Gasteiger partial charge in [-0.05, 0) is 84.0 Å². The number of fused-ring (bicyclic) bond motifs is 1. The molecule has 0 bridgehead atoms. The lowest BCUT2D eigenvalue weighted by Gasteiger charge is -2.25. The zero-order chi connectivity index (χ0) is 32.5. The predicted octanol–water partition coefficient (Wildman–Crippen LogP) is 7.85. The van der Waals surface area contributed by atoms with Crippen LogP contribution in [-0.4, -0.2) is 58.2 Å². The molecule has 2 N–H and O–H groups in total. The lowest BCUT2D eigenvalue weighted by Crippen LogP contribution is -2.45. The summed E-state index contributed by atoms with van der Waals surface area (Å²) < 4.78 is 19.4. The highest BCUT2D eigenvalue weighted by Crippen LogP contribution is 2.36. The van der Waals surface area contributed by atoms with Gasteiger partial charge in [0, 0.05) is 49.6 Å². The van der Waals surface area contributed by atoms with E-state index >= 15 is 0 Å². The summed E-state index contributed by atoms with van der Waals surface area (Å²) in [5.74, 6) is 1.34. The molecule has 1 fully saturated rings. The van der Waals surface area contributed by atoms with E-state index in [1.165, 1.54) is 0 Å². The zero-order valence-electron chi connectivity index (χ0n) is 28.2. The molecule has 242 valence electrons. The highest BCUT2D eigenvalue weighted by atomic mass is 28.3. The molecule has 0 spiro atoms. The van der Waals surface area contributed by atoms with Crippen LogP contribution in [0.15, 0.2) is 35.1 Å². The maximum absolute atomic E-state index is 12.5. The molecule has 4 aromatic rings. The molecule has 2 atom stereocenters. The van der Waals surface area contributed by atoms with Gasteiger partial charge in [0.25, 0.3) is 0 Å². The van der Waals surface area contributed by atoms with Crippen molar-refractivity contribution in [3.63, 3.8) is 0 Å². The van der Waals surface area contributed by atoms with Crippen molar-refractivity contribution >= 4 is 31.0 Å². The number of anilines is 1. The number of nitrogens with zero attached hydrogens (tertiary/aromatic N) is 4. The number of benzene rings is 1. The van der Waals surface area contributed by atoms with Crippen molar-refractivity contribution in [3.05, 3.63) is 47.6 Å². The quantitative estimate of drug-likeness (QED) is 0.134. The first-order chi connectivity index (χ1) is 21.2. The Morgan fingerprint density at radius 2 is 1.89 bits per heavy atom. The molecule has 3 aromatic heterocycles. The van der Waals surface area contributed by atoms with Crippen LogP contribution in [0.5, 0.6) is 0 Å². The molecule has 45 heavy (non-hydrogen) atoms. The van der Waals surface area contributed by atoms with Crippen molar-refractivity contribution < 1.29 is 18.8 Å². The molecular formula is C34H48N6O4Si. The molecule has 11 heteroatoms. The summed E-state index contributed by atoms with van der Waals surface area (Å²) in [7, 11) is -1.21. The number of nitrogens with one attached hydrogen (secondary N) is 2. The second-order valence-corrected chi connectivity index (χ2v) is 20.1. The number of hydrogen-bond donors (Lipinski definition) is 2. The number of carbonyl (C=O) groups excluding carboxylic acids is 1. The molecule has 1 aliphatic rings. The minimum absolute atomic E-state index is 0.00629. The number of alkyl carbamates (subject to hydrolysis) is 1. The number of rotatable bonds is 10. The van der Waals surface area contributed by atoms with Gasteiger partial charge in [-0.3, -0.25) is 0 Å². The first kappa shape index (κ1) is 32.7. The van der Waals surface area contributed by atoms with Gasteiger partial charge < -0.3 is 29.2 Å². The maximum atomic E-state index is 12.5. The Morgan fingerprint density at radius 3 is 2.58 bits per heavy atom. The zero-order valence-corrected chi connectivity index (χ0v) is 29.2. The molecule has 0 radical (unpaired) electrons. The highest BCUT2D eigenvalue weighted by Gasteiger charge is 2.31. The first-order valence-electron chi connectivity index (χ1n) is 15.9. The molecule has 1 saturated carbocycles. The smallest absolute Gasteiger partial charge is 0.407 e. The predicted molar refractivity (Wildman–Crippen MR) is 181 cm³/mol. The van der Waals surface area contributed by atoms with Crippen molar-refractivity contribution in [1.29, 1.82) is 0 Å². The summed E-state index contributed by atoms with van der Waals surface area (Å²) >= 11 is 0. The Morgan fingerprint density at radius 1 is 1.13 bits per heavy atom. The van der Waals surface area contributed by atoms with Crippen LogP contribution in [-0.2, 0) is 16.2 Å². The Kier molecular flexibility index (Phi) is 9.41. The van der Waals surface area contributed by atoms with Crippen molar-refractivity contribution in [3.8, 4) is 22.4 Å². The Bertz CT molecular complexity index is 1650. The van der Waals surface area contributed by atoms with Gasteiger partial charge in [0.1, 0.15) is 18.1 Å². The van der Waals surface area contributed by atoms with Crippen molar-refractivity contribution in [2.45, 2.75) is 111 Å². The van der Waals surface area contributed by atoms with E-state index in [1.54, 1.807) is 0 Å². The third-order valence-electron chi connectivity index (χ3n) is 8.19. The molecule has 10 nitrogen and oxygen atoms in total. The minimum Gasteiger partial charge on any atom is -0.444 e. The number of aromatic nitrogens is 4. The molecule has 1 amide bonds. The van der Waals surface area contributed by atoms with Crippen LogP contribution in [0.1, 0.15) is 57.1 Å². The van der Waals surface area contributed by atoms with E-state index in [0.717, 1.165) is 82.2 Å². The Balaban J connectivity index is 1.45. The summed E-state index contributed by atoms with van der Waals surface area (Å²) in [5, 5.41) is 11.8. The van der Waals surface area contributed by atoms with E-state index in [-0.39, 0.29) is 12.1 Å². The summed E-state index contributed by atoms with van der Waals surface area (Å²) in [6.45, 7) is 19.8. The summed E-state index contributed by atoms with van der Waals surface area (Å²) in [4.78, 5) is 22.2. The van der Waals surface area contributed by atoms with Gasteiger partial charge in [-0.15, -0.1) is 0 Å². The van der Waals surface area contributed by atoms with Gasteiger partial charge >= 0.3 is 6.09 Å². The molecule has 0 aliphatic heterocycles. The van der Waals surface area contributed by atoms with Crippen LogP contribution in [0.3, 0.4) is 0 Å². The van der Waals surface area contributed by atoms with Crippen LogP contribution < -0.4 is 10.6 Å². The van der Waals surface area contributed by atoms with E-state index in [1.807, 2.05) is 47.7 Å². The number of ether oxygens (including phenoxy) is 2. The van der Waals surface area contributed by atoms with Crippen LogP contribution in [0.4, 0.5) is 10.7 Å². The fraction of sp³-hybridized carbons (Fsp3) is 0.529. The van der Waals surface area contributed by atoms with Gasteiger partial charge in [0.2, 0.25) is 5.95 Å². The summed E-state index contributed by atoms with van der Waals surface area (Å²) in [5.41, 5.74) is 6.29. The summed E-state index contributed by atoms with van der Waals surface area (Å²) in [6.07, 6.45) is 6.37. The molecule has 0 unspecified atom stereocenters. The Hall–Kier alpha value is -3.70. The second kappa shape index (κ2) is 13.0. The van der Waals surface area contributed by atoms with E-state index < -0.39 is 19.8 Å². The third-order valence-corrected chi connectivity index (χ3v) is 9.89. The highest BCUT2D eigenvalue weighted by molar-refractivity contribution is 6.76. The van der Waals surface area contributed by atoms with Crippen LogP contribution >= 0.6 is 0 Å². The number of amides is 1. The minimum atomic E-state index is -1.21. The number of aryl methyl sites for hydroxylation is 3. The molecule has 0 saturated heterocycles. The standard InChI is InChI=1S/C34H48N6O4Si/c1-21-18-35-32(36-27-11-10-12-28(27)37-33(41)43-34(4,5)6)38-31(21)26-19-40(20-42-15-16-45(7,8)9)29-17-24(13-14-25(26)29)30-22(2)39-44-23(30)3/h13-14,17-19,27-28H,10-12,15-16,20H2,1-9H3,(H,37,41)(H,35,36,38)/t27-,28-/m0/s1. The number of carbonyl (C=O) groups is 1. The SMILES string of the molecule is Cc1cnc(N[C@H]2CCC[C@@H]2NC(=O)OC(C)(C)C)nc1-c1cn(COCC[Si](C)(C)C)c2cc(-c3c(C)noc3C)ccc12. The normalized spacial score (nSPS) is 17.2. The van der Waals surface area contributed by atoms with Gasteiger partial charge in [-0.1, -0.05) is 36.9 Å². The lowest BCUT2D eigenvalue weighted by molar-refractivity contribution is 0.0503. The van der Waals surface area contributed by atoms with E-state index in [0.29, 0.717) is 12.7 Å². The van der Waals surface area contributed by atoms with Crippen molar-refractivity contribution in [2.24, 2.45) is 0 Å². The fourth-order valence-corrected chi connectivity index (χ4v) is 6.65. The molecular weight excluding hydrogens is 584 g/mol. The fourth-order valence-electron chi connectivity index (χ4n) is 5.89. The maximum Gasteiger partial charge on any atom is 0.407 e. The first-order valence-corrected chi connectivity index (χ1v) is 19.6. The monoisotopic (exact) mass is 632 g/mol. The van der Waals surface area contributed by atoms with Crippen molar-refractivity contribution in [1.82, 2.24) is 25.0 Å². The Labute approximate surface area is 267 Å². The average Bonchev–Trinajstić information content (AvgIpc) is 3.62. The lowest BCUT2D eigenvalue weighted by atomic mass is 10.0. The van der Waals surface area contributed by atoms with Gasteiger partial charge in [-0.25, -0.2) is 14.8 Å². The topological polar surface area (TPSA) is 116 Å². The summed E-state index contributed by atoms with van der Waals surface area (Å²) in [6, 6.07) is 7.51. The van der Waals surface area contributed by atoms with Crippen LogP contribution in [0.2, 0.25) is 25.7 Å². The second-order valence-electron chi connectivity index (χ2n) is 14.5.